The smallest absolute Gasteiger partial charge is 0.227 e. The van der Waals surface area contributed by atoms with Crippen molar-refractivity contribution >= 4 is 11.7 Å². The molecule has 0 unspecified atom stereocenters. The standard InChI is InChI=1S/C15H17NO2/c1-11(17)15-10-13(15)7-8-16(15)14(18)9-12-5-3-2-4-6-12/h2-6,13H,7-10H2,1H3/t13-,15-/m0/s1. The fourth-order valence-corrected chi connectivity index (χ4v) is 3.31. The van der Waals surface area contributed by atoms with Crippen LogP contribution < -0.4 is 0 Å². The first kappa shape index (κ1) is 11.5. The van der Waals surface area contributed by atoms with E-state index in [9.17, 15) is 9.59 Å². The molecule has 94 valence electrons. The van der Waals surface area contributed by atoms with E-state index in [1.165, 1.54) is 0 Å². The highest BCUT2D eigenvalue weighted by atomic mass is 16.2. The van der Waals surface area contributed by atoms with Crippen molar-refractivity contribution in [3.05, 3.63) is 35.9 Å². The van der Waals surface area contributed by atoms with Gasteiger partial charge in [0.15, 0.2) is 5.78 Å². The molecule has 0 spiro atoms. The maximum absolute atomic E-state index is 12.3. The first-order valence-electron chi connectivity index (χ1n) is 6.50. The Morgan fingerprint density at radius 1 is 1.33 bits per heavy atom. The molecule has 3 nitrogen and oxygen atoms in total. The number of benzene rings is 1. The van der Waals surface area contributed by atoms with E-state index in [0.717, 1.165) is 24.9 Å². The van der Waals surface area contributed by atoms with Gasteiger partial charge in [0.05, 0.1) is 6.42 Å². The third kappa shape index (κ3) is 1.57. The average Bonchev–Trinajstić information content (AvgIpc) is 2.97. The SMILES string of the molecule is CC(=O)[C@@]12C[C@@H]1CCN2C(=O)Cc1ccccc1. The van der Waals surface area contributed by atoms with Gasteiger partial charge in [0.1, 0.15) is 5.54 Å². The summed E-state index contributed by atoms with van der Waals surface area (Å²) in [5.41, 5.74) is 0.594. The molecular weight excluding hydrogens is 226 g/mol. The van der Waals surface area contributed by atoms with Crippen molar-refractivity contribution < 1.29 is 9.59 Å². The highest BCUT2D eigenvalue weighted by Crippen LogP contribution is 2.56. The van der Waals surface area contributed by atoms with Crippen molar-refractivity contribution in [2.24, 2.45) is 5.92 Å². The number of carbonyl (C=O) groups excluding carboxylic acids is 2. The van der Waals surface area contributed by atoms with E-state index in [1.54, 1.807) is 6.92 Å². The lowest BCUT2D eigenvalue weighted by Crippen LogP contribution is -2.45. The summed E-state index contributed by atoms with van der Waals surface area (Å²) in [7, 11) is 0. The molecular formula is C15H17NO2. The molecule has 0 N–H and O–H groups in total. The topological polar surface area (TPSA) is 37.4 Å². The zero-order valence-corrected chi connectivity index (χ0v) is 10.6. The van der Waals surface area contributed by atoms with Gasteiger partial charge in [0.25, 0.3) is 0 Å². The summed E-state index contributed by atoms with van der Waals surface area (Å²) in [6, 6.07) is 9.73. The van der Waals surface area contributed by atoms with Crippen LogP contribution >= 0.6 is 0 Å². The van der Waals surface area contributed by atoms with Crippen LogP contribution in [0.4, 0.5) is 0 Å². The Morgan fingerprint density at radius 3 is 2.67 bits per heavy atom. The third-order valence-electron chi connectivity index (χ3n) is 4.36. The lowest BCUT2D eigenvalue weighted by molar-refractivity contribution is -0.138. The number of nitrogens with zero attached hydrogens (tertiary/aromatic N) is 1. The highest BCUT2D eigenvalue weighted by molar-refractivity contribution is 5.96. The molecule has 2 fully saturated rings. The second-order valence-corrected chi connectivity index (χ2v) is 5.38. The third-order valence-corrected chi connectivity index (χ3v) is 4.36. The van der Waals surface area contributed by atoms with Gasteiger partial charge in [-0.2, -0.15) is 0 Å². The number of ketones is 1. The molecule has 2 atom stereocenters. The van der Waals surface area contributed by atoms with Gasteiger partial charge in [-0.1, -0.05) is 30.3 Å². The normalized spacial score (nSPS) is 28.9. The van der Waals surface area contributed by atoms with E-state index in [1.807, 2.05) is 35.2 Å². The van der Waals surface area contributed by atoms with E-state index in [0.29, 0.717) is 12.3 Å². The maximum atomic E-state index is 12.3. The van der Waals surface area contributed by atoms with Crippen molar-refractivity contribution in [3.63, 3.8) is 0 Å². The molecule has 0 radical (unpaired) electrons. The Hall–Kier alpha value is -1.64. The van der Waals surface area contributed by atoms with Crippen LogP contribution in [0.5, 0.6) is 0 Å². The van der Waals surface area contributed by atoms with E-state index >= 15 is 0 Å². The Kier molecular flexibility index (Phi) is 2.51. The molecule has 1 aromatic carbocycles. The lowest BCUT2D eigenvalue weighted by atomic mass is 10.1. The van der Waals surface area contributed by atoms with Crippen LogP contribution in [0.1, 0.15) is 25.3 Å². The minimum absolute atomic E-state index is 0.0939. The summed E-state index contributed by atoms with van der Waals surface area (Å²) in [6.45, 7) is 2.37. The summed E-state index contributed by atoms with van der Waals surface area (Å²) in [4.78, 5) is 25.9. The second-order valence-electron chi connectivity index (χ2n) is 5.38. The van der Waals surface area contributed by atoms with Crippen LogP contribution in [0.2, 0.25) is 0 Å². The number of piperidine rings is 1. The predicted octanol–water partition coefficient (Wildman–Crippen LogP) is 1.81. The molecule has 1 amide bonds. The van der Waals surface area contributed by atoms with Crippen LogP contribution in [0.15, 0.2) is 30.3 Å². The van der Waals surface area contributed by atoms with Gasteiger partial charge in [-0.25, -0.2) is 0 Å². The first-order chi connectivity index (χ1) is 8.64. The van der Waals surface area contributed by atoms with Crippen molar-refractivity contribution in [2.75, 3.05) is 6.54 Å². The predicted molar refractivity (Wildman–Crippen MR) is 68.0 cm³/mol. The molecule has 1 saturated carbocycles. The number of likely N-dealkylation sites (tertiary alicyclic amines) is 1. The number of rotatable bonds is 3. The molecule has 0 bridgehead atoms. The highest BCUT2D eigenvalue weighted by Gasteiger charge is 2.66. The Labute approximate surface area is 107 Å². The summed E-state index contributed by atoms with van der Waals surface area (Å²) >= 11 is 0. The van der Waals surface area contributed by atoms with Gasteiger partial charge in [-0.15, -0.1) is 0 Å². The molecule has 1 saturated heterocycles. The summed E-state index contributed by atoms with van der Waals surface area (Å²) in [6.07, 6.45) is 2.27. The average molecular weight is 243 g/mol. The minimum Gasteiger partial charge on any atom is -0.329 e. The van der Waals surface area contributed by atoms with Gasteiger partial charge < -0.3 is 4.90 Å². The van der Waals surface area contributed by atoms with Gasteiger partial charge in [-0.3, -0.25) is 9.59 Å². The Morgan fingerprint density at radius 2 is 2.06 bits per heavy atom. The van der Waals surface area contributed by atoms with Gasteiger partial charge >= 0.3 is 0 Å². The summed E-state index contributed by atoms with van der Waals surface area (Å²) < 4.78 is 0. The van der Waals surface area contributed by atoms with Crippen LogP contribution in [0.25, 0.3) is 0 Å². The molecule has 1 aromatic rings. The fraction of sp³-hybridized carbons (Fsp3) is 0.467. The van der Waals surface area contributed by atoms with Crippen LogP contribution in [-0.2, 0) is 16.0 Å². The number of fused-ring (bicyclic) bond motifs is 1. The first-order valence-corrected chi connectivity index (χ1v) is 6.50. The number of amides is 1. The molecule has 0 aromatic heterocycles. The Balaban J connectivity index is 1.76. The van der Waals surface area contributed by atoms with Crippen molar-refractivity contribution in [1.29, 1.82) is 0 Å². The molecule has 1 aliphatic heterocycles. The largest absolute Gasteiger partial charge is 0.329 e. The summed E-state index contributed by atoms with van der Waals surface area (Å²) in [5.74, 6) is 0.678. The van der Waals surface area contributed by atoms with Crippen molar-refractivity contribution in [3.8, 4) is 0 Å². The second kappa shape index (κ2) is 3.94. The lowest BCUT2D eigenvalue weighted by Gasteiger charge is -2.26. The van der Waals surface area contributed by atoms with Crippen LogP contribution in [0, 0.1) is 5.92 Å². The molecule has 18 heavy (non-hydrogen) atoms. The van der Waals surface area contributed by atoms with E-state index in [2.05, 4.69) is 0 Å². The molecule has 3 rings (SSSR count). The summed E-state index contributed by atoms with van der Waals surface area (Å²) in [5, 5.41) is 0. The van der Waals surface area contributed by atoms with Gasteiger partial charge in [0.2, 0.25) is 5.91 Å². The van der Waals surface area contributed by atoms with Crippen LogP contribution in [0.3, 0.4) is 0 Å². The quantitative estimate of drug-likeness (QED) is 0.812. The number of hydrogen-bond donors (Lipinski definition) is 0. The molecule has 3 heteroatoms. The molecule has 2 aliphatic rings. The zero-order chi connectivity index (χ0) is 12.8. The van der Waals surface area contributed by atoms with Gasteiger partial charge in [-0.05, 0) is 31.2 Å². The Bertz CT molecular complexity index is 496. The fourth-order valence-electron chi connectivity index (χ4n) is 3.31. The van der Waals surface area contributed by atoms with Crippen molar-refractivity contribution in [2.45, 2.75) is 31.7 Å². The van der Waals surface area contributed by atoms with E-state index in [4.69, 9.17) is 0 Å². The minimum atomic E-state index is -0.425. The molecule has 1 heterocycles. The number of hydrogen-bond acceptors (Lipinski definition) is 2. The molecule has 1 aliphatic carbocycles. The van der Waals surface area contributed by atoms with E-state index < -0.39 is 5.54 Å². The van der Waals surface area contributed by atoms with Gasteiger partial charge in [0, 0.05) is 6.54 Å². The number of Topliss-reactive ketones (excluding diaryl/α,β-unsaturated/α-hetero) is 1. The van der Waals surface area contributed by atoms with Crippen molar-refractivity contribution in [1.82, 2.24) is 4.90 Å². The maximum Gasteiger partial charge on any atom is 0.227 e. The van der Waals surface area contributed by atoms with E-state index in [-0.39, 0.29) is 11.7 Å². The monoisotopic (exact) mass is 243 g/mol. The zero-order valence-electron chi connectivity index (χ0n) is 10.6. The van der Waals surface area contributed by atoms with Crippen LogP contribution in [-0.4, -0.2) is 28.7 Å². The number of carbonyl (C=O) groups is 2.